The number of carbonyl (C=O) groups is 1. The Kier molecular flexibility index (Phi) is 6.81. The van der Waals surface area contributed by atoms with Gasteiger partial charge in [0, 0.05) is 12.1 Å². The van der Waals surface area contributed by atoms with Gasteiger partial charge in [0.2, 0.25) is 0 Å². The first kappa shape index (κ1) is 25.3. The number of halogens is 5. The van der Waals surface area contributed by atoms with Crippen LogP contribution in [-0.4, -0.2) is 16.9 Å². The predicted octanol–water partition coefficient (Wildman–Crippen LogP) is 5.55. The second kappa shape index (κ2) is 9.15. The van der Waals surface area contributed by atoms with Crippen molar-refractivity contribution in [2.45, 2.75) is 50.3 Å². The number of carbonyl (C=O) groups excluding carboxylic acids is 1. The highest BCUT2D eigenvalue weighted by Gasteiger charge is 2.53. The van der Waals surface area contributed by atoms with Gasteiger partial charge >= 0.3 is 6.18 Å². The lowest BCUT2D eigenvalue weighted by molar-refractivity contribution is -0.140. The minimum Gasteiger partial charge on any atom is -0.328 e. The van der Waals surface area contributed by atoms with E-state index in [2.05, 4.69) is 12.6 Å². The maximum atomic E-state index is 15.1. The number of amides is 1. The number of alkyl halides is 3. The van der Waals surface area contributed by atoms with Gasteiger partial charge < -0.3 is 4.90 Å². The van der Waals surface area contributed by atoms with E-state index in [0.717, 1.165) is 17.0 Å². The Balaban J connectivity index is 2.06. The number of unbranched alkanes of at least 4 members (excludes halogenated alkanes) is 1. The van der Waals surface area contributed by atoms with Gasteiger partial charge in [-0.05, 0) is 56.5 Å². The van der Waals surface area contributed by atoms with E-state index in [9.17, 15) is 22.4 Å². The Morgan fingerprint density at radius 1 is 1.15 bits per heavy atom. The van der Waals surface area contributed by atoms with Crippen molar-refractivity contribution in [3.8, 4) is 12.1 Å². The van der Waals surface area contributed by atoms with Gasteiger partial charge in [0.25, 0.3) is 5.91 Å². The zero-order chi connectivity index (χ0) is 25.4. The van der Waals surface area contributed by atoms with Crippen LogP contribution < -0.4 is 9.80 Å². The number of rotatable bonds is 5. The molecule has 1 saturated heterocycles. The van der Waals surface area contributed by atoms with Crippen molar-refractivity contribution in [1.82, 2.24) is 0 Å². The molecule has 11 heteroatoms. The molecule has 1 atom stereocenters. The molecular formula is C23H19F5N4OS. The summed E-state index contributed by atoms with van der Waals surface area (Å²) in [6.07, 6.45) is -4.11. The van der Waals surface area contributed by atoms with Crippen molar-refractivity contribution >= 4 is 29.9 Å². The zero-order valence-electron chi connectivity index (χ0n) is 18.1. The van der Waals surface area contributed by atoms with Crippen molar-refractivity contribution in [3.05, 3.63) is 58.7 Å². The summed E-state index contributed by atoms with van der Waals surface area (Å²) in [5.74, 6) is -3.11. The molecule has 1 unspecified atom stereocenters. The molecule has 0 spiro atoms. The smallest absolute Gasteiger partial charge is 0.328 e. The van der Waals surface area contributed by atoms with Gasteiger partial charge in [-0.2, -0.15) is 23.7 Å². The number of nitrogens with zero attached hydrogens (tertiary/aromatic N) is 4. The Bertz CT molecular complexity index is 1220. The quantitative estimate of drug-likeness (QED) is 0.336. The third kappa shape index (κ3) is 4.28. The molecule has 34 heavy (non-hydrogen) atoms. The molecule has 178 valence electrons. The van der Waals surface area contributed by atoms with Gasteiger partial charge in [0.15, 0.2) is 11.3 Å². The van der Waals surface area contributed by atoms with E-state index < -0.39 is 51.6 Å². The average Bonchev–Trinajstić information content (AvgIpc) is 2.92. The molecule has 1 aliphatic heterocycles. The zero-order valence-corrected chi connectivity index (χ0v) is 19.0. The summed E-state index contributed by atoms with van der Waals surface area (Å²) in [7, 11) is 0. The van der Waals surface area contributed by atoms with Crippen LogP contribution in [0.15, 0.2) is 30.3 Å². The third-order valence-electron chi connectivity index (χ3n) is 5.64. The summed E-state index contributed by atoms with van der Waals surface area (Å²) < 4.78 is 70.2. The molecule has 0 N–H and O–H groups in total. The topological polar surface area (TPSA) is 71.1 Å². The normalized spacial score (nSPS) is 17.6. The van der Waals surface area contributed by atoms with Crippen LogP contribution in [0.25, 0.3) is 0 Å². The van der Waals surface area contributed by atoms with E-state index in [1.165, 1.54) is 43.0 Å². The molecule has 1 heterocycles. The average molecular weight is 494 g/mol. The van der Waals surface area contributed by atoms with Crippen molar-refractivity contribution < 1.29 is 26.7 Å². The summed E-state index contributed by atoms with van der Waals surface area (Å²) in [6, 6.07) is 9.19. The molecule has 1 fully saturated rings. The highest BCUT2D eigenvalue weighted by atomic mass is 32.1. The molecule has 1 amide bonds. The van der Waals surface area contributed by atoms with Crippen molar-refractivity contribution in [2.75, 3.05) is 9.80 Å². The molecule has 5 nitrogen and oxygen atoms in total. The molecule has 1 aliphatic rings. The SMILES string of the molecule is CC1(C)C(=O)N(c2ccc(C#N)c(C(F)(F)F)c2F)C(S)N1c1ccc(CCCC#N)c(F)c1. The number of nitriles is 2. The maximum Gasteiger partial charge on any atom is 0.420 e. The maximum absolute atomic E-state index is 15.1. The number of aryl methyl sites for hydroxylation is 1. The Morgan fingerprint density at radius 2 is 1.82 bits per heavy atom. The first-order valence-corrected chi connectivity index (χ1v) is 10.6. The van der Waals surface area contributed by atoms with E-state index in [1.807, 2.05) is 6.07 Å². The number of thiol groups is 1. The van der Waals surface area contributed by atoms with Crippen LogP contribution in [0, 0.1) is 34.3 Å². The van der Waals surface area contributed by atoms with Crippen LogP contribution in [0.3, 0.4) is 0 Å². The number of anilines is 2. The van der Waals surface area contributed by atoms with E-state index in [-0.39, 0.29) is 12.1 Å². The second-order valence-corrected chi connectivity index (χ2v) is 8.63. The molecular weight excluding hydrogens is 475 g/mol. The molecule has 2 aromatic carbocycles. The van der Waals surface area contributed by atoms with Crippen molar-refractivity contribution in [1.29, 1.82) is 10.5 Å². The minimum atomic E-state index is -5.17. The summed E-state index contributed by atoms with van der Waals surface area (Å²) in [5.41, 5.74) is -5.49. The highest BCUT2D eigenvalue weighted by Crippen LogP contribution is 2.44. The van der Waals surface area contributed by atoms with E-state index in [1.54, 1.807) is 0 Å². The van der Waals surface area contributed by atoms with Crippen LogP contribution in [0.4, 0.5) is 33.3 Å². The molecule has 0 bridgehead atoms. The number of hydrogen-bond acceptors (Lipinski definition) is 5. The van der Waals surface area contributed by atoms with Crippen LogP contribution in [0.5, 0.6) is 0 Å². The first-order chi connectivity index (χ1) is 15.9. The number of hydrogen-bond donors (Lipinski definition) is 1. The lowest BCUT2D eigenvalue weighted by Gasteiger charge is -2.33. The van der Waals surface area contributed by atoms with Crippen molar-refractivity contribution in [2.24, 2.45) is 0 Å². The van der Waals surface area contributed by atoms with Crippen LogP contribution in [0.2, 0.25) is 0 Å². The standard InChI is InChI=1S/C23H19F5N4OS/c1-22(2)20(33)31(17-9-7-14(12-30)18(19(17)25)23(26,27)28)21(34)32(22)15-8-6-13(16(24)11-15)5-3-4-10-29/h6-9,11,21,34H,3-5H2,1-2H3. The molecule has 0 saturated carbocycles. The highest BCUT2D eigenvalue weighted by molar-refractivity contribution is 7.81. The Hall–Kier alpha value is -3.31. The van der Waals surface area contributed by atoms with E-state index in [4.69, 9.17) is 10.5 Å². The van der Waals surface area contributed by atoms with Crippen LogP contribution in [0.1, 0.15) is 43.4 Å². The van der Waals surface area contributed by atoms with Gasteiger partial charge in [-0.25, -0.2) is 8.78 Å². The molecule has 3 rings (SSSR count). The molecule has 0 aromatic heterocycles. The predicted molar refractivity (Wildman–Crippen MR) is 118 cm³/mol. The van der Waals surface area contributed by atoms with Crippen LogP contribution in [-0.2, 0) is 17.4 Å². The van der Waals surface area contributed by atoms with Gasteiger partial charge in [-0.1, -0.05) is 6.07 Å². The van der Waals surface area contributed by atoms with Gasteiger partial charge in [0.1, 0.15) is 16.9 Å². The molecule has 0 radical (unpaired) electrons. The first-order valence-electron chi connectivity index (χ1n) is 10.1. The van der Waals surface area contributed by atoms with Crippen molar-refractivity contribution in [3.63, 3.8) is 0 Å². The minimum absolute atomic E-state index is 0.215. The fraction of sp³-hybridized carbons (Fsp3) is 0.348. The summed E-state index contributed by atoms with van der Waals surface area (Å²) in [5, 5.41) is 17.6. The Morgan fingerprint density at radius 3 is 2.38 bits per heavy atom. The number of benzene rings is 2. The Labute approximate surface area is 198 Å². The van der Waals surface area contributed by atoms with Gasteiger partial charge in [-0.15, -0.1) is 12.6 Å². The fourth-order valence-corrected chi connectivity index (χ4v) is 4.62. The lowest BCUT2D eigenvalue weighted by Crippen LogP contribution is -2.45. The summed E-state index contributed by atoms with van der Waals surface area (Å²) >= 11 is 4.37. The summed E-state index contributed by atoms with van der Waals surface area (Å²) in [4.78, 5) is 15.3. The molecule has 2 aromatic rings. The third-order valence-corrected chi connectivity index (χ3v) is 6.10. The fourth-order valence-electron chi connectivity index (χ4n) is 3.96. The lowest BCUT2D eigenvalue weighted by atomic mass is 10.0. The monoisotopic (exact) mass is 494 g/mol. The van der Waals surface area contributed by atoms with E-state index in [0.29, 0.717) is 18.4 Å². The van der Waals surface area contributed by atoms with Gasteiger partial charge in [-0.3, -0.25) is 9.69 Å². The van der Waals surface area contributed by atoms with E-state index >= 15 is 4.39 Å². The second-order valence-electron chi connectivity index (χ2n) is 8.17. The molecule has 0 aliphatic carbocycles. The summed E-state index contributed by atoms with van der Waals surface area (Å²) in [6.45, 7) is 2.92. The largest absolute Gasteiger partial charge is 0.420 e. The van der Waals surface area contributed by atoms with Crippen LogP contribution >= 0.6 is 12.6 Å². The van der Waals surface area contributed by atoms with Gasteiger partial charge in [0.05, 0.1) is 23.4 Å².